The molecule has 1 heterocycles. The van der Waals surface area contributed by atoms with E-state index in [1.807, 2.05) is 0 Å². The third-order valence-electron chi connectivity index (χ3n) is 7.33. The van der Waals surface area contributed by atoms with Crippen molar-refractivity contribution in [2.24, 2.45) is 29.1 Å². The van der Waals surface area contributed by atoms with Crippen LogP contribution in [0.15, 0.2) is 0 Å². The number of carboxylic acid groups (broad SMARTS) is 1. The summed E-state index contributed by atoms with van der Waals surface area (Å²) in [6.45, 7) is 0.947. The van der Waals surface area contributed by atoms with Crippen LogP contribution < -0.4 is 0 Å². The van der Waals surface area contributed by atoms with Crippen molar-refractivity contribution in [2.45, 2.75) is 51.4 Å². The molecule has 0 aromatic heterocycles. The standard InChI is InChI=1S/C20H30N2O4/c1-21(12-17(23)22-4-2-3-16(11-22)18(24)25)19(26)20-8-13-5-14(9-20)7-15(6-13)10-20/h13-16H,2-12H2,1H3,(H,24,25). The van der Waals surface area contributed by atoms with E-state index in [2.05, 4.69) is 0 Å². The average Bonchev–Trinajstić information content (AvgIpc) is 2.59. The molecule has 0 radical (unpaired) electrons. The Labute approximate surface area is 154 Å². The SMILES string of the molecule is CN(CC(=O)N1CCCC(C(=O)O)C1)C(=O)C12CC3CC(CC(C3)C1)C2. The summed E-state index contributed by atoms with van der Waals surface area (Å²) in [4.78, 5) is 40.4. The summed E-state index contributed by atoms with van der Waals surface area (Å²) in [5.74, 6) is 0.832. The van der Waals surface area contributed by atoms with Crippen molar-refractivity contribution in [1.82, 2.24) is 9.80 Å². The Balaban J connectivity index is 1.38. The van der Waals surface area contributed by atoms with Crippen LogP contribution in [0.1, 0.15) is 51.4 Å². The molecule has 1 unspecified atom stereocenters. The van der Waals surface area contributed by atoms with Gasteiger partial charge in [0.1, 0.15) is 0 Å². The van der Waals surface area contributed by atoms with Crippen LogP contribution in [0.5, 0.6) is 0 Å². The number of amides is 2. The number of nitrogens with zero attached hydrogens (tertiary/aromatic N) is 2. The third-order valence-corrected chi connectivity index (χ3v) is 7.33. The molecule has 6 nitrogen and oxygen atoms in total. The molecule has 1 saturated heterocycles. The molecule has 26 heavy (non-hydrogen) atoms. The van der Waals surface area contributed by atoms with Gasteiger partial charge in [-0.15, -0.1) is 0 Å². The Morgan fingerprint density at radius 2 is 1.65 bits per heavy atom. The maximum Gasteiger partial charge on any atom is 0.308 e. The summed E-state index contributed by atoms with van der Waals surface area (Å²) in [6.07, 6.45) is 8.22. The van der Waals surface area contributed by atoms with Gasteiger partial charge in [-0.1, -0.05) is 0 Å². The van der Waals surface area contributed by atoms with Crippen LogP contribution in [-0.4, -0.2) is 59.4 Å². The molecular formula is C20H30N2O4. The summed E-state index contributed by atoms with van der Waals surface area (Å²) >= 11 is 0. The summed E-state index contributed by atoms with van der Waals surface area (Å²) in [5, 5.41) is 9.20. The van der Waals surface area contributed by atoms with Crippen molar-refractivity contribution in [3.8, 4) is 0 Å². The Bertz CT molecular complexity index is 582. The van der Waals surface area contributed by atoms with Crippen LogP contribution in [0.25, 0.3) is 0 Å². The van der Waals surface area contributed by atoms with Gasteiger partial charge < -0.3 is 14.9 Å². The molecular weight excluding hydrogens is 332 g/mol. The molecule has 1 N–H and O–H groups in total. The van der Waals surface area contributed by atoms with Gasteiger partial charge in [0.15, 0.2) is 0 Å². The second-order valence-corrected chi connectivity index (χ2v) is 9.38. The topological polar surface area (TPSA) is 77.9 Å². The maximum absolute atomic E-state index is 13.2. The molecule has 5 aliphatic rings. The molecule has 1 atom stereocenters. The molecule has 2 amide bonds. The smallest absolute Gasteiger partial charge is 0.308 e. The highest BCUT2D eigenvalue weighted by Crippen LogP contribution is 2.60. The number of carboxylic acids is 1. The first-order valence-corrected chi connectivity index (χ1v) is 10.1. The van der Waals surface area contributed by atoms with Crippen molar-refractivity contribution >= 4 is 17.8 Å². The van der Waals surface area contributed by atoms with Gasteiger partial charge >= 0.3 is 5.97 Å². The molecule has 4 aliphatic carbocycles. The Morgan fingerprint density at radius 1 is 1.08 bits per heavy atom. The molecule has 1 aliphatic heterocycles. The van der Waals surface area contributed by atoms with Gasteiger partial charge in [0.25, 0.3) is 0 Å². The van der Waals surface area contributed by atoms with Gasteiger partial charge in [-0.05, 0) is 69.1 Å². The maximum atomic E-state index is 13.2. The molecule has 144 valence electrons. The van der Waals surface area contributed by atoms with Crippen LogP contribution in [0.4, 0.5) is 0 Å². The van der Waals surface area contributed by atoms with E-state index in [1.54, 1.807) is 16.8 Å². The molecule has 4 bridgehead atoms. The number of hydrogen-bond donors (Lipinski definition) is 1. The second-order valence-electron chi connectivity index (χ2n) is 9.38. The average molecular weight is 362 g/mol. The van der Waals surface area contributed by atoms with Gasteiger partial charge in [-0.2, -0.15) is 0 Å². The van der Waals surface area contributed by atoms with E-state index in [1.165, 1.54) is 19.3 Å². The van der Waals surface area contributed by atoms with Crippen molar-refractivity contribution < 1.29 is 19.5 Å². The molecule has 0 spiro atoms. The minimum absolute atomic E-state index is 0.0763. The quantitative estimate of drug-likeness (QED) is 0.830. The fourth-order valence-corrected chi connectivity index (χ4v) is 6.56. The summed E-state index contributed by atoms with van der Waals surface area (Å²) in [7, 11) is 1.75. The predicted molar refractivity (Wildman–Crippen MR) is 95.2 cm³/mol. The van der Waals surface area contributed by atoms with E-state index in [0.29, 0.717) is 30.7 Å². The molecule has 5 rings (SSSR count). The number of carbonyl (C=O) groups excluding carboxylic acids is 2. The van der Waals surface area contributed by atoms with Crippen molar-refractivity contribution in [3.05, 3.63) is 0 Å². The minimum Gasteiger partial charge on any atom is -0.481 e. The zero-order chi connectivity index (χ0) is 18.5. The van der Waals surface area contributed by atoms with Crippen LogP contribution in [0.3, 0.4) is 0 Å². The first-order valence-electron chi connectivity index (χ1n) is 10.1. The lowest BCUT2D eigenvalue weighted by Gasteiger charge is -2.56. The predicted octanol–water partition coefficient (Wildman–Crippen LogP) is 1.98. The highest BCUT2D eigenvalue weighted by Gasteiger charge is 2.55. The number of rotatable bonds is 4. The number of hydrogen-bond acceptors (Lipinski definition) is 3. The monoisotopic (exact) mass is 362 g/mol. The van der Waals surface area contributed by atoms with E-state index in [4.69, 9.17) is 0 Å². The van der Waals surface area contributed by atoms with Gasteiger partial charge in [0.2, 0.25) is 11.8 Å². The largest absolute Gasteiger partial charge is 0.481 e. The van der Waals surface area contributed by atoms with E-state index in [0.717, 1.165) is 25.7 Å². The lowest BCUT2D eigenvalue weighted by atomic mass is 9.49. The molecule has 5 fully saturated rings. The first-order chi connectivity index (χ1) is 12.4. The summed E-state index contributed by atoms with van der Waals surface area (Å²) in [5.41, 5.74) is -0.227. The van der Waals surface area contributed by atoms with Crippen LogP contribution in [0.2, 0.25) is 0 Å². The number of aliphatic carboxylic acids is 1. The zero-order valence-corrected chi connectivity index (χ0v) is 15.7. The molecule has 0 aromatic carbocycles. The van der Waals surface area contributed by atoms with Crippen molar-refractivity contribution in [1.29, 1.82) is 0 Å². The number of carbonyl (C=O) groups is 3. The van der Waals surface area contributed by atoms with Crippen LogP contribution in [-0.2, 0) is 14.4 Å². The van der Waals surface area contributed by atoms with Crippen molar-refractivity contribution in [3.63, 3.8) is 0 Å². The van der Waals surface area contributed by atoms with E-state index < -0.39 is 11.9 Å². The van der Waals surface area contributed by atoms with Gasteiger partial charge in [-0.25, -0.2) is 0 Å². The molecule has 6 heteroatoms. The highest BCUT2D eigenvalue weighted by molar-refractivity contribution is 5.88. The lowest BCUT2D eigenvalue weighted by Crippen LogP contribution is -2.55. The Morgan fingerprint density at radius 3 is 2.19 bits per heavy atom. The zero-order valence-electron chi connectivity index (χ0n) is 15.7. The van der Waals surface area contributed by atoms with Crippen LogP contribution in [0, 0.1) is 29.1 Å². The Kier molecular flexibility index (Phi) is 4.48. The minimum atomic E-state index is -0.833. The number of likely N-dealkylation sites (N-methyl/N-ethyl adjacent to an activating group) is 1. The molecule has 0 aromatic rings. The van der Waals surface area contributed by atoms with E-state index >= 15 is 0 Å². The third kappa shape index (κ3) is 3.12. The molecule has 4 saturated carbocycles. The lowest BCUT2D eigenvalue weighted by molar-refractivity contribution is -0.159. The highest BCUT2D eigenvalue weighted by atomic mass is 16.4. The Hall–Kier alpha value is -1.59. The summed E-state index contributed by atoms with van der Waals surface area (Å²) < 4.78 is 0. The number of likely N-dealkylation sites (tertiary alicyclic amines) is 1. The first kappa shape index (κ1) is 17.8. The fraction of sp³-hybridized carbons (Fsp3) is 0.850. The van der Waals surface area contributed by atoms with E-state index in [-0.39, 0.29) is 30.3 Å². The van der Waals surface area contributed by atoms with E-state index in [9.17, 15) is 19.5 Å². The normalized spacial score (nSPS) is 38.3. The second kappa shape index (κ2) is 6.54. The number of piperidine rings is 1. The van der Waals surface area contributed by atoms with Gasteiger partial charge in [-0.3, -0.25) is 14.4 Å². The van der Waals surface area contributed by atoms with Gasteiger partial charge in [0, 0.05) is 20.1 Å². The summed E-state index contributed by atoms with van der Waals surface area (Å²) in [6, 6.07) is 0. The van der Waals surface area contributed by atoms with Gasteiger partial charge in [0.05, 0.1) is 17.9 Å². The van der Waals surface area contributed by atoms with Crippen molar-refractivity contribution in [2.75, 3.05) is 26.7 Å². The van der Waals surface area contributed by atoms with Crippen LogP contribution >= 0.6 is 0 Å². The fourth-order valence-electron chi connectivity index (χ4n) is 6.56.